The molecule has 6 heteroatoms. The predicted molar refractivity (Wildman–Crippen MR) is 113 cm³/mol. The molecule has 0 saturated carbocycles. The molecule has 28 heavy (non-hydrogen) atoms. The summed E-state index contributed by atoms with van der Waals surface area (Å²) in [5, 5.41) is 8.90. The molecule has 3 N–H and O–H groups in total. The average molecular weight is 394 g/mol. The molecule has 0 saturated heterocycles. The molecule has 0 spiro atoms. The van der Waals surface area contributed by atoms with Gasteiger partial charge in [-0.3, -0.25) is 4.79 Å². The van der Waals surface area contributed by atoms with E-state index < -0.39 is 12.1 Å². The normalized spacial score (nSPS) is 11.4. The van der Waals surface area contributed by atoms with Crippen LogP contribution < -0.4 is 16.0 Å². The van der Waals surface area contributed by atoms with E-state index in [0.717, 1.165) is 11.1 Å². The molecule has 1 atom stereocenters. The lowest BCUT2D eigenvalue weighted by Crippen LogP contribution is -2.39. The van der Waals surface area contributed by atoms with Gasteiger partial charge in [0.15, 0.2) is 0 Å². The van der Waals surface area contributed by atoms with Gasteiger partial charge in [0.1, 0.15) is 6.04 Å². The first-order valence-corrected chi connectivity index (χ1v) is 9.15. The fourth-order valence-electron chi connectivity index (χ4n) is 2.76. The molecule has 0 aliphatic carbocycles. The van der Waals surface area contributed by atoms with E-state index in [0.29, 0.717) is 16.4 Å². The summed E-state index contributed by atoms with van der Waals surface area (Å²) in [6.45, 7) is 1.90. The minimum absolute atomic E-state index is 0.327. The number of para-hydroxylation sites is 1. The van der Waals surface area contributed by atoms with E-state index in [1.807, 2.05) is 49.4 Å². The Morgan fingerprint density at radius 3 is 2.07 bits per heavy atom. The Kier molecular flexibility index (Phi) is 6.29. The summed E-state index contributed by atoms with van der Waals surface area (Å²) in [6.07, 6.45) is 0. The van der Waals surface area contributed by atoms with E-state index >= 15 is 0 Å². The fraction of sp³-hybridized carbons (Fsp3) is 0.0909. The molecule has 1 unspecified atom stereocenters. The second-order valence-electron chi connectivity index (χ2n) is 6.25. The third-order valence-electron chi connectivity index (χ3n) is 4.18. The zero-order valence-corrected chi connectivity index (χ0v) is 16.0. The number of urea groups is 1. The summed E-state index contributed by atoms with van der Waals surface area (Å²) in [7, 11) is 0. The van der Waals surface area contributed by atoms with E-state index in [1.165, 1.54) is 0 Å². The van der Waals surface area contributed by atoms with Crippen LogP contribution in [0.5, 0.6) is 0 Å². The number of carbonyl (C=O) groups excluding carboxylic acids is 2. The van der Waals surface area contributed by atoms with Crippen LogP contribution in [0.15, 0.2) is 78.9 Å². The van der Waals surface area contributed by atoms with Crippen molar-refractivity contribution >= 4 is 34.9 Å². The molecule has 5 nitrogen and oxygen atoms in total. The smallest absolute Gasteiger partial charge is 0.320 e. The van der Waals surface area contributed by atoms with Gasteiger partial charge >= 0.3 is 6.03 Å². The molecule has 3 aromatic carbocycles. The summed E-state index contributed by atoms with van der Waals surface area (Å²) in [4.78, 5) is 25.4. The van der Waals surface area contributed by atoms with Crippen LogP contribution in [0.4, 0.5) is 16.2 Å². The Labute approximate surface area is 168 Å². The third-order valence-corrected chi connectivity index (χ3v) is 4.43. The second kappa shape index (κ2) is 9.06. The van der Waals surface area contributed by atoms with Gasteiger partial charge in [0.05, 0.1) is 0 Å². The van der Waals surface area contributed by atoms with Gasteiger partial charge in [-0.25, -0.2) is 4.79 Å². The van der Waals surface area contributed by atoms with Gasteiger partial charge in [-0.2, -0.15) is 0 Å². The largest absolute Gasteiger partial charge is 0.324 e. The first kappa shape index (κ1) is 19.5. The van der Waals surface area contributed by atoms with Gasteiger partial charge in [0.25, 0.3) is 5.91 Å². The van der Waals surface area contributed by atoms with Crippen molar-refractivity contribution in [3.05, 3.63) is 95.0 Å². The van der Waals surface area contributed by atoms with Crippen molar-refractivity contribution in [3.8, 4) is 0 Å². The van der Waals surface area contributed by atoms with Gasteiger partial charge < -0.3 is 16.0 Å². The van der Waals surface area contributed by atoms with Crippen LogP contribution in [-0.4, -0.2) is 11.9 Å². The van der Waals surface area contributed by atoms with Crippen LogP contribution in [0.3, 0.4) is 0 Å². The summed E-state index contributed by atoms with van der Waals surface area (Å²) in [6, 6.07) is 22.0. The van der Waals surface area contributed by atoms with Gasteiger partial charge in [-0.1, -0.05) is 54.1 Å². The lowest BCUT2D eigenvalue weighted by atomic mass is 10.0. The molecule has 0 aliphatic rings. The highest BCUT2D eigenvalue weighted by Gasteiger charge is 2.24. The average Bonchev–Trinajstić information content (AvgIpc) is 2.69. The highest BCUT2D eigenvalue weighted by molar-refractivity contribution is 6.30. The maximum Gasteiger partial charge on any atom is 0.320 e. The van der Waals surface area contributed by atoms with Gasteiger partial charge in [0, 0.05) is 16.4 Å². The molecule has 0 aromatic heterocycles. The van der Waals surface area contributed by atoms with Crippen molar-refractivity contribution in [3.63, 3.8) is 0 Å². The maximum absolute atomic E-state index is 12.9. The molecule has 3 rings (SSSR count). The number of halogens is 1. The summed E-state index contributed by atoms with van der Waals surface area (Å²) in [5.74, 6) is -0.327. The Morgan fingerprint density at radius 1 is 0.786 bits per heavy atom. The van der Waals surface area contributed by atoms with E-state index in [-0.39, 0.29) is 5.91 Å². The molecule has 142 valence electrons. The van der Waals surface area contributed by atoms with Crippen molar-refractivity contribution in [1.29, 1.82) is 0 Å². The number of benzene rings is 3. The first-order chi connectivity index (χ1) is 13.5. The third kappa shape index (κ3) is 5.11. The monoisotopic (exact) mass is 393 g/mol. The van der Waals surface area contributed by atoms with Crippen LogP contribution in [-0.2, 0) is 4.79 Å². The molecule has 0 radical (unpaired) electrons. The summed E-state index contributed by atoms with van der Waals surface area (Å²) >= 11 is 5.87. The number of hydrogen-bond acceptors (Lipinski definition) is 2. The van der Waals surface area contributed by atoms with Crippen molar-refractivity contribution < 1.29 is 9.59 Å². The molecular formula is C22H20ClN3O2. The Morgan fingerprint density at radius 2 is 1.39 bits per heavy atom. The van der Waals surface area contributed by atoms with Gasteiger partial charge in [-0.15, -0.1) is 0 Å². The number of carbonyl (C=O) groups is 2. The van der Waals surface area contributed by atoms with Crippen LogP contribution in [0.2, 0.25) is 5.02 Å². The molecule has 0 fully saturated rings. The molecule has 0 bridgehead atoms. The van der Waals surface area contributed by atoms with Crippen molar-refractivity contribution in [2.75, 3.05) is 10.6 Å². The summed E-state index contributed by atoms with van der Waals surface area (Å²) in [5.41, 5.74) is 2.87. The van der Waals surface area contributed by atoms with Crippen molar-refractivity contribution in [2.24, 2.45) is 0 Å². The second-order valence-corrected chi connectivity index (χ2v) is 6.69. The van der Waals surface area contributed by atoms with Crippen LogP contribution in [0, 0.1) is 6.92 Å². The van der Waals surface area contributed by atoms with E-state index in [2.05, 4.69) is 16.0 Å². The maximum atomic E-state index is 12.9. The Bertz CT molecular complexity index is 959. The van der Waals surface area contributed by atoms with Crippen LogP contribution >= 0.6 is 11.6 Å². The lowest BCUT2D eigenvalue weighted by Gasteiger charge is -2.21. The number of aryl methyl sites for hydroxylation is 1. The minimum atomic E-state index is -0.853. The molecular weight excluding hydrogens is 374 g/mol. The molecule has 0 heterocycles. The van der Waals surface area contributed by atoms with Gasteiger partial charge in [0.2, 0.25) is 0 Å². The SMILES string of the molecule is Cc1ccccc1C(NC(=O)Nc1ccc(Cl)cc1)C(=O)Nc1ccccc1. The minimum Gasteiger partial charge on any atom is -0.324 e. The quantitative estimate of drug-likeness (QED) is 0.561. The highest BCUT2D eigenvalue weighted by Crippen LogP contribution is 2.20. The molecule has 3 aromatic rings. The fourth-order valence-corrected chi connectivity index (χ4v) is 2.89. The zero-order valence-electron chi connectivity index (χ0n) is 15.3. The Balaban J connectivity index is 1.79. The number of rotatable bonds is 5. The topological polar surface area (TPSA) is 70.2 Å². The Hall–Kier alpha value is -3.31. The number of anilines is 2. The number of nitrogens with one attached hydrogen (secondary N) is 3. The summed E-state index contributed by atoms with van der Waals surface area (Å²) < 4.78 is 0. The predicted octanol–water partition coefficient (Wildman–Crippen LogP) is 5.15. The zero-order chi connectivity index (χ0) is 19.9. The van der Waals surface area contributed by atoms with Crippen molar-refractivity contribution in [2.45, 2.75) is 13.0 Å². The first-order valence-electron chi connectivity index (χ1n) is 8.77. The van der Waals surface area contributed by atoms with E-state index in [4.69, 9.17) is 11.6 Å². The standard InChI is InChI=1S/C22H20ClN3O2/c1-15-7-5-6-10-19(15)20(21(27)24-17-8-3-2-4-9-17)26-22(28)25-18-13-11-16(23)12-14-18/h2-14,20H,1H3,(H,24,27)(H2,25,26,28). The number of hydrogen-bond donors (Lipinski definition) is 3. The molecule has 3 amide bonds. The van der Waals surface area contributed by atoms with Crippen LogP contribution in [0.25, 0.3) is 0 Å². The van der Waals surface area contributed by atoms with Gasteiger partial charge in [-0.05, 0) is 54.4 Å². The van der Waals surface area contributed by atoms with Crippen LogP contribution in [0.1, 0.15) is 17.2 Å². The molecule has 0 aliphatic heterocycles. The van der Waals surface area contributed by atoms with E-state index in [1.54, 1.807) is 36.4 Å². The van der Waals surface area contributed by atoms with E-state index in [9.17, 15) is 9.59 Å². The lowest BCUT2D eigenvalue weighted by molar-refractivity contribution is -0.118. The highest BCUT2D eigenvalue weighted by atomic mass is 35.5. The van der Waals surface area contributed by atoms with Crippen molar-refractivity contribution in [1.82, 2.24) is 5.32 Å². The number of amides is 3.